The number of hydrogen-bond donors (Lipinski definition) is 0. The van der Waals surface area contributed by atoms with E-state index in [-0.39, 0.29) is 18.3 Å². The Labute approximate surface area is 199 Å². The minimum Gasteiger partial charge on any atom is -0.494 e. The first kappa shape index (κ1) is 24.5. The number of rotatable bonds is 8. The molecular weight excluding hydrogens is 446 g/mol. The van der Waals surface area contributed by atoms with Gasteiger partial charge in [0.1, 0.15) is 5.75 Å². The fraction of sp³-hybridized carbons (Fsp3) is 0.417. The van der Waals surface area contributed by atoms with E-state index < -0.39 is 0 Å². The van der Waals surface area contributed by atoms with Crippen LogP contribution in [0.25, 0.3) is 10.2 Å². The van der Waals surface area contributed by atoms with Gasteiger partial charge in [0.05, 0.1) is 30.0 Å². The van der Waals surface area contributed by atoms with Gasteiger partial charge in [-0.3, -0.25) is 14.6 Å². The van der Waals surface area contributed by atoms with Crippen LogP contribution in [0.2, 0.25) is 0 Å². The second kappa shape index (κ2) is 11.6. The van der Waals surface area contributed by atoms with Crippen molar-refractivity contribution in [2.75, 3.05) is 50.9 Å². The summed E-state index contributed by atoms with van der Waals surface area (Å²) in [6.07, 6.45) is 0.887. The molecule has 3 aromatic rings. The Morgan fingerprint density at radius 1 is 1.19 bits per heavy atom. The molecule has 0 spiro atoms. The summed E-state index contributed by atoms with van der Waals surface area (Å²) in [5, 5.41) is 0.755. The molecule has 2 aromatic carbocycles. The number of carbonyl (C=O) groups excluding carboxylic acids is 1. The molecule has 1 aliphatic heterocycles. The topological polar surface area (TPSA) is 54.9 Å². The number of aromatic nitrogens is 1. The number of ether oxygens (including phenoxy) is 2. The quantitative estimate of drug-likeness (QED) is 0.468. The Kier molecular flexibility index (Phi) is 8.87. The molecule has 1 aromatic heterocycles. The van der Waals surface area contributed by atoms with Gasteiger partial charge in [-0.05, 0) is 56.2 Å². The van der Waals surface area contributed by atoms with Gasteiger partial charge in [-0.2, -0.15) is 0 Å². The van der Waals surface area contributed by atoms with Crippen LogP contribution in [0.3, 0.4) is 0 Å². The largest absolute Gasteiger partial charge is 0.494 e. The number of anilines is 1. The van der Waals surface area contributed by atoms with Crippen molar-refractivity contribution < 1.29 is 14.3 Å². The van der Waals surface area contributed by atoms with E-state index in [2.05, 4.69) is 24.0 Å². The standard InChI is InChI=1S/C24H29N3O3S.ClH/c1-3-30-20-10-8-19(9-11-20)23(28)27(13-5-12-26-14-16-29-17-15-26)24-25-22-18(2)6-4-7-21(22)31-24;/h4,6-11H,3,5,12-17H2,1-2H3;1H. The number of hydrogen-bond acceptors (Lipinski definition) is 6. The van der Waals surface area contributed by atoms with Crippen LogP contribution in [0, 0.1) is 6.92 Å². The van der Waals surface area contributed by atoms with Gasteiger partial charge in [0.15, 0.2) is 5.13 Å². The van der Waals surface area contributed by atoms with Gasteiger partial charge in [0, 0.05) is 31.7 Å². The fourth-order valence-corrected chi connectivity index (χ4v) is 4.84. The SMILES string of the molecule is CCOc1ccc(C(=O)N(CCCN2CCOCC2)c2nc3c(C)cccc3s2)cc1.Cl. The molecule has 1 amide bonds. The molecule has 0 N–H and O–H groups in total. The minimum atomic E-state index is -0.0262. The zero-order chi connectivity index (χ0) is 21.6. The van der Waals surface area contributed by atoms with Gasteiger partial charge in [-0.15, -0.1) is 12.4 Å². The molecule has 8 heteroatoms. The Balaban J connectivity index is 0.00000289. The van der Waals surface area contributed by atoms with E-state index in [4.69, 9.17) is 14.5 Å². The predicted molar refractivity (Wildman–Crippen MR) is 133 cm³/mol. The van der Waals surface area contributed by atoms with Crippen molar-refractivity contribution in [2.24, 2.45) is 0 Å². The lowest BCUT2D eigenvalue weighted by Gasteiger charge is -2.27. The van der Waals surface area contributed by atoms with Gasteiger partial charge in [-0.25, -0.2) is 4.98 Å². The van der Waals surface area contributed by atoms with Crippen LogP contribution in [-0.4, -0.2) is 61.8 Å². The van der Waals surface area contributed by atoms with E-state index >= 15 is 0 Å². The van der Waals surface area contributed by atoms with Crippen LogP contribution in [-0.2, 0) is 4.74 Å². The summed E-state index contributed by atoms with van der Waals surface area (Å²) in [6, 6.07) is 13.5. The number of aryl methyl sites for hydroxylation is 1. The third kappa shape index (κ3) is 5.78. The van der Waals surface area contributed by atoms with Crippen LogP contribution in [0.4, 0.5) is 5.13 Å². The van der Waals surface area contributed by atoms with Crippen LogP contribution < -0.4 is 9.64 Å². The van der Waals surface area contributed by atoms with E-state index in [1.807, 2.05) is 42.2 Å². The first-order valence-corrected chi connectivity index (χ1v) is 11.7. The lowest BCUT2D eigenvalue weighted by atomic mass is 10.2. The molecule has 4 rings (SSSR count). The van der Waals surface area contributed by atoms with Crippen molar-refractivity contribution in [1.82, 2.24) is 9.88 Å². The number of thiazole rings is 1. The average molecular weight is 476 g/mol. The fourth-order valence-electron chi connectivity index (χ4n) is 3.77. The van der Waals surface area contributed by atoms with Gasteiger partial charge in [-0.1, -0.05) is 23.5 Å². The van der Waals surface area contributed by atoms with Crippen molar-refractivity contribution in [3.8, 4) is 5.75 Å². The lowest BCUT2D eigenvalue weighted by Crippen LogP contribution is -2.39. The van der Waals surface area contributed by atoms with Crippen molar-refractivity contribution >= 4 is 45.0 Å². The summed E-state index contributed by atoms with van der Waals surface area (Å²) in [5.74, 6) is 0.746. The third-order valence-electron chi connectivity index (χ3n) is 5.46. The number of fused-ring (bicyclic) bond motifs is 1. The second-order valence-corrected chi connectivity index (χ2v) is 8.65. The smallest absolute Gasteiger partial charge is 0.260 e. The summed E-state index contributed by atoms with van der Waals surface area (Å²) in [6.45, 7) is 9.65. The van der Waals surface area contributed by atoms with E-state index in [1.165, 1.54) is 0 Å². The van der Waals surface area contributed by atoms with E-state index in [0.29, 0.717) is 18.7 Å². The molecule has 172 valence electrons. The first-order chi connectivity index (χ1) is 15.2. The summed E-state index contributed by atoms with van der Waals surface area (Å²) in [7, 11) is 0. The predicted octanol–water partition coefficient (Wildman–Crippen LogP) is 4.79. The van der Waals surface area contributed by atoms with Gasteiger partial charge >= 0.3 is 0 Å². The first-order valence-electron chi connectivity index (χ1n) is 10.9. The van der Waals surface area contributed by atoms with Gasteiger partial charge in [0.2, 0.25) is 0 Å². The third-order valence-corrected chi connectivity index (χ3v) is 6.50. The van der Waals surface area contributed by atoms with Crippen molar-refractivity contribution in [3.63, 3.8) is 0 Å². The molecule has 0 saturated carbocycles. The lowest BCUT2D eigenvalue weighted by molar-refractivity contribution is 0.0376. The Hall–Kier alpha value is -2.19. The molecule has 0 unspecified atom stereocenters. The van der Waals surface area contributed by atoms with Crippen molar-refractivity contribution in [3.05, 3.63) is 53.6 Å². The second-order valence-electron chi connectivity index (χ2n) is 7.64. The maximum Gasteiger partial charge on any atom is 0.260 e. The molecule has 2 heterocycles. The number of carbonyl (C=O) groups is 1. The maximum absolute atomic E-state index is 13.5. The zero-order valence-electron chi connectivity index (χ0n) is 18.6. The number of halogens is 1. The number of para-hydroxylation sites is 1. The molecule has 1 saturated heterocycles. The normalized spacial score (nSPS) is 14.2. The summed E-state index contributed by atoms with van der Waals surface area (Å²) in [5.41, 5.74) is 2.74. The molecular formula is C24H30ClN3O3S. The van der Waals surface area contributed by atoms with Gasteiger partial charge < -0.3 is 9.47 Å². The highest BCUT2D eigenvalue weighted by Gasteiger charge is 2.22. The van der Waals surface area contributed by atoms with Crippen LogP contribution in [0.15, 0.2) is 42.5 Å². The molecule has 0 radical (unpaired) electrons. The highest BCUT2D eigenvalue weighted by molar-refractivity contribution is 7.22. The summed E-state index contributed by atoms with van der Waals surface area (Å²) < 4.78 is 12.1. The van der Waals surface area contributed by atoms with Crippen LogP contribution >= 0.6 is 23.7 Å². The Morgan fingerprint density at radius 2 is 1.94 bits per heavy atom. The zero-order valence-corrected chi connectivity index (χ0v) is 20.2. The van der Waals surface area contributed by atoms with E-state index in [1.54, 1.807) is 11.3 Å². The number of nitrogens with zero attached hydrogens (tertiary/aromatic N) is 3. The van der Waals surface area contributed by atoms with E-state index in [0.717, 1.165) is 65.9 Å². The highest BCUT2D eigenvalue weighted by atomic mass is 35.5. The highest BCUT2D eigenvalue weighted by Crippen LogP contribution is 2.31. The van der Waals surface area contributed by atoms with Crippen molar-refractivity contribution in [2.45, 2.75) is 20.3 Å². The average Bonchev–Trinajstić information content (AvgIpc) is 3.23. The van der Waals surface area contributed by atoms with Crippen LogP contribution in [0.1, 0.15) is 29.3 Å². The molecule has 0 bridgehead atoms. The monoisotopic (exact) mass is 475 g/mol. The Bertz CT molecular complexity index is 1020. The molecule has 0 atom stereocenters. The summed E-state index contributed by atoms with van der Waals surface area (Å²) in [4.78, 5) is 22.5. The molecule has 1 aliphatic rings. The van der Waals surface area contributed by atoms with E-state index in [9.17, 15) is 4.79 Å². The minimum absolute atomic E-state index is 0. The summed E-state index contributed by atoms with van der Waals surface area (Å²) >= 11 is 1.58. The Morgan fingerprint density at radius 3 is 2.62 bits per heavy atom. The number of amides is 1. The molecule has 32 heavy (non-hydrogen) atoms. The van der Waals surface area contributed by atoms with Crippen molar-refractivity contribution in [1.29, 1.82) is 0 Å². The number of morpholine rings is 1. The van der Waals surface area contributed by atoms with Gasteiger partial charge in [0.25, 0.3) is 5.91 Å². The van der Waals surface area contributed by atoms with Crippen LogP contribution in [0.5, 0.6) is 5.75 Å². The molecule has 1 fully saturated rings. The number of benzene rings is 2. The maximum atomic E-state index is 13.5. The molecule has 6 nitrogen and oxygen atoms in total. The molecule has 0 aliphatic carbocycles.